The van der Waals surface area contributed by atoms with Gasteiger partial charge in [-0.2, -0.15) is 0 Å². The van der Waals surface area contributed by atoms with Gasteiger partial charge in [0.2, 0.25) is 0 Å². The third kappa shape index (κ3) is 4.24. The van der Waals surface area contributed by atoms with Crippen molar-refractivity contribution in [1.82, 2.24) is 0 Å². The van der Waals surface area contributed by atoms with Crippen LogP contribution in [-0.4, -0.2) is 0 Å². The van der Waals surface area contributed by atoms with Gasteiger partial charge in [0.05, 0.1) is 0 Å². The van der Waals surface area contributed by atoms with Crippen molar-refractivity contribution in [3.05, 3.63) is 170 Å². The molecule has 0 spiro atoms. The maximum atomic E-state index is 6.81. The van der Waals surface area contributed by atoms with Gasteiger partial charge < -0.3 is 4.42 Å². The van der Waals surface area contributed by atoms with Gasteiger partial charge in [0.1, 0.15) is 11.2 Å². The first-order valence-electron chi connectivity index (χ1n) is 15.4. The summed E-state index contributed by atoms with van der Waals surface area (Å²) < 4.78 is 6.81. The minimum atomic E-state index is 0.889. The van der Waals surface area contributed by atoms with Gasteiger partial charge in [-0.3, -0.25) is 0 Å². The fourth-order valence-electron chi connectivity index (χ4n) is 6.98. The largest absolute Gasteiger partial charge is 0.456 e. The van der Waals surface area contributed by atoms with E-state index in [9.17, 15) is 0 Å². The van der Waals surface area contributed by atoms with Crippen LogP contribution in [0, 0.1) is 0 Å². The SMILES string of the molecule is c1ccc(-c2cccc(-c3ccc4oc5ccc(-c6cccc(-c7ccccc7)c6)c6cccc(c7cccc3c47)c56)c2)cc1. The Morgan fingerprint density at radius 2 is 0.644 bits per heavy atom. The highest BCUT2D eigenvalue weighted by molar-refractivity contribution is 6.26. The van der Waals surface area contributed by atoms with E-state index in [-0.39, 0.29) is 0 Å². The average Bonchev–Trinajstić information content (AvgIpc) is 3.26. The summed E-state index contributed by atoms with van der Waals surface area (Å²) in [4.78, 5) is 0. The molecule has 0 atom stereocenters. The van der Waals surface area contributed by atoms with Crippen LogP contribution < -0.4 is 0 Å². The molecular weight excluding hydrogens is 544 g/mol. The molecule has 1 heteroatoms. The van der Waals surface area contributed by atoms with Crippen molar-refractivity contribution in [2.24, 2.45) is 0 Å². The van der Waals surface area contributed by atoms with Crippen LogP contribution in [0.2, 0.25) is 0 Å². The summed E-state index contributed by atoms with van der Waals surface area (Å²) in [5.41, 5.74) is 11.4. The fourth-order valence-corrected chi connectivity index (χ4v) is 6.98. The molecule has 0 radical (unpaired) electrons. The molecule has 0 unspecified atom stereocenters. The summed E-state index contributed by atoms with van der Waals surface area (Å²) in [5.74, 6) is 0. The normalized spacial score (nSPS) is 11.6. The highest BCUT2D eigenvalue weighted by Crippen LogP contribution is 2.42. The molecule has 0 N–H and O–H groups in total. The van der Waals surface area contributed by atoms with Gasteiger partial charge in [0.25, 0.3) is 0 Å². The standard InChI is InChI=1S/C44H28O/c1-3-11-29(12-4-1)31-15-7-17-33(27-31)35-23-25-41-43-37(35)19-9-21-39(43)40-22-10-20-38-36(24-26-42(45-41)44(38)40)34-18-8-16-32(28-34)30-13-5-2-6-14-30/h1-28H. The van der Waals surface area contributed by atoms with E-state index in [2.05, 4.69) is 170 Å². The van der Waals surface area contributed by atoms with Gasteiger partial charge >= 0.3 is 0 Å². The molecule has 0 amide bonds. The summed E-state index contributed by atoms with van der Waals surface area (Å²) in [6.07, 6.45) is 0. The summed E-state index contributed by atoms with van der Waals surface area (Å²) >= 11 is 0. The monoisotopic (exact) mass is 572 g/mol. The Morgan fingerprint density at radius 1 is 0.267 bits per heavy atom. The van der Waals surface area contributed by atoms with Crippen molar-refractivity contribution in [2.45, 2.75) is 0 Å². The van der Waals surface area contributed by atoms with Crippen LogP contribution in [-0.2, 0) is 0 Å². The Hall–Kier alpha value is -5.92. The summed E-state index contributed by atoms with van der Waals surface area (Å²) in [7, 11) is 0. The minimum Gasteiger partial charge on any atom is -0.456 e. The lowest BCUT2D eigenvalue weighted by Gasteiger charge is -2.11. The lowest BCUT2D eigenvalue weighted by molar-refractivity contribution is 0.664. The van der Waals surface area contributed by atoms with E-state index in [0.29, 0.717) is 0 Å². The molecular formula is C44H28O. The van der Waals surface area contributed by atoms with Crippen molar-refractivity contribution < 1.29 is 4.42 Å². The molecule has 8 aromatic carbocycles. The topological polar surface area (TPSA) is 13.1 Å². The minimum absolute atomic E-state index is 0.889. The lowest BCUT2D eigenvalue weighted by atomic mass is 9.91. The van der Waals surface area contributed by atoms with Gasteiger partial charge in [-0.05, 0) is 90.3 Å². The van der Waals surface area contributed by atoms with Gasteiger partial charge in [-0.1, -0.05) is 146 Å². The van der Waals surface area contributed by atoms with Crippen molar-refractivity contribution in [2.75, 3.05) is 0 Å². The van der Waals surface area contributed by atoms with Crippen molar-refractivity contribution in [1.29, 1.82) is 0 Å². The van der Waals surface area contributed by atoms with Crippen LogP contribution in [0.15, 0.2) is 174 Å². The smallest absolute Gasteiger partial charge is 0.135 e. The van der Waals surface area contributed by atoms with E-state index in [0.717, 1.165) is 21.9 Å². The zero-order valence-electron chi connectivity index (χ0n) is 24.6. The molecule has 1 aromatic heterocycles. The maximum Gasteiger partial charge on any atom is 0.135 e. The van der Waals surface area contributed by atoms with Gasteiger partial charge in [0.15, 0.2) is 0 Å². The van der Waals surface area contributed by atoms with Crippen LogP contribution in [0.1, 0.15) is 0 Å². The highest BCUT2D eigenvalue weighted by atomic mass is 16.3. The molecule has 45 heavy (non-hydrogen) atoms. The molecule has 1 heterocycles. The lowest BCUT2D eigenvalue weighted by Crippen LogP contribution is -1.85. The average molecular weight is 573 g/mol. The van der Waals surface area contributed by atoms with Crippen LogP contribution in [0.4, 0.5) is 0 Å². The molecule has 9 aromatic rings. The number of hydrogen-bond acceptors (Lipinski definition) is 1. The Balaban J connectivity index is 1.28. The highest BCUT2D eigenvalue weighted by Gasteiger charge is 2.16. The van der Waals surface area contributed by atoms with Gasteiger partial charge in [-0.25, -0.2) is 0 Å². The predicted molar refractivity (Wildman–Crippen MR) is 190 cm³/mol. The zero-order chi connectivity index (χ0) is 29.7. The van der Waals surface area contributed by atoms with Crippen molar-refractivity contribution in [3.63, 3.8) is 0 Å². The molecule has 0 aliphatic carbocycles. The van der Waals surface area contributed by atoms with E-state index >= 15 is 0 Å². The van der Waals surface area contributed by atoms with Crippen LogP contribution >= 0.6 is 0 Å². The number of fused-ring (bicyclic) bond motifs is 1. The van der Waals surface area contributed by atoms with Crippen LogP contribution in [0.5, 0.6) is 0 Å². The van der Waals surface area contributed by atoms with Gasteiger partial charge in [0, 0.05) is 10.8 Å². The Bertz CT molecular complexity index is 2340. The Kier molecular flexibility index (Phi) is 5.89. The second-order valence-electron chi connectivity index (χ2n) is 11.7. The zero-order valence-corrected chi connectivity index (χ0v) is 24.6. The van der Waals surface area contributed by atoms with Crippen LogP contribution in [0.3, 0.4) is 0 Å². The molecule has 0 aliphatic heterocycles. The molecule has 9 rings (SSSR count). The number of benzene rings is 8. The molecule has 210 valence electrons. The molecule has 0 aliphatic rings. The predicted octanol–water partition coefficient (Wildman–Crippen LogP) is 12.6. The first-order chi connectivity index (χ1) is 22.3. The van der Waals surface area contributed by atoms with E-state index in [1.807, 2.05) is 0 Å². The van der Waals surface area contributed by atoms with Crippen molar-refractivity contribution >= 4 is 43.5 Å². The maximum absolute atomic E-state index is 6.81. The van der Waals surface area contributed by atoms with Crippen LogP contribution in [0.25, 0.3) is 88.0 Å². The molecule has 1 nitrogen and oxygen atoms in total. The third-order valence-electron chi connectivity index (χ3n) is 9.08. The second-order valence-corrected chi connectivity index (χ2v) is 11.7. The number of hydrogen-bond donors (Lipinski definition) is 0. The quantitative estimate of drug-likeness (QED) is 0.204. The Morgan fingerprint density at radius 3 is 1.11 bits per heavy atom. The second kappa shape index (κ2) is 10.4. The molecule has 0 saturated heterocycles. The first-order valence-corrected chi connectivity index (χ1v) is 15.4. The molecule has 0 bridgehead atoms. The van der Waals surface area contributed by atoms with E-state index in [1.54, 1.807) is 0 Å². The summed E-state index contributed by atoms with van der Waals surface area (Å²) in [6, 6.07) is 60.8. The summed E-state index contributed by atoms with van der Waals surface area (Å²) in [5, 5.41) is 7.07. The van der Waals surface area contributed by atoms with E-state index in [4.69, 9.17) is 4.42 Å². The van der Waals surface area contributed by atoms with E-state index in [1.165, 1.54) is 66.1 Å². The molecule has 0 saturated carbocycles. The Labute approximate surface area is 261 Å². The summed E-state index contributed by atoms with van der Waals surface area (Å²) in [6.45, 7) is 0. The number of rotatable bonds is 4. The molecule has 0 fully saturated rings. The van der Waals surface area contributed by atoms with Gasteiger partial charge in [-0.15, -0.1) is 0 Å². The van der Waals surface area contributed by atoms with E-state index < -0.39 is 0 Å². The third-order valence-corrected chi connectivity index (χ3v) is 9.08. The van der Waals surface area contributed by atoms with Crippen molar-refractivity contribution in [3.8, 4) is 44.5 Å². The first kappa shape index (κ1) is 25.6. The fraction of sp³-hybridized carbons (Fsp3) is 0.